The van der Waals surface area contributed by atoms with Crippen LogP contribution in [-0.2, 0) is 10.2 Å². The van der Waals surface area contributed by atoms with E-state index in [1.807, 2.05) is 46.0 Å². The molecule has 0 atom stereocenters. The summed E-state index contributed by atoms with van der Waals surface area (Å²) < 4.78 is 5.67. The number of amides is 2. The van der Waals surface area contributed by atoms with Crippen LogP contribution in [0.3, 0.4) is 0 Å². The lowest BCUT2D eigenvalue weighted by Crippen LogP contribution is -2.47. The number of nitrogens with one attached hydrogen (secondary N) is 1. The molecule has 1 aliphatic heterocycles. The summed E-state index contributed by atoms with van der Waals surface area (Å²) in [4.78, 5) is 26.4. The van der Waals surface area contributed by atoms with Gasteiger partial charge in [0.2, 0.25) is 0 Å². The molecule has 1 N–H and O–H groups in total. The molecule has 2 aromatic rings. The van der Waals surface area contributed by atoms with Crippen LogP contribution >= 0.6 is 11.3 Å². The molecule has 2 heterocycles. The number of likely N-dealkylation sites (tertiary alicyclic amines) is 1. The Hall–Kier alpha value is -2.34. The summed E-state index contributed by atoms with van der Waals surface area (Å²) in [7, 11) is 0. The summed E-state index contributed by atoms with van der Waals surface area (Å²) in [5, 5.41) is 6.80. The SMILES string of the molecule is CC(C)(C)c1ccc(OCC(=O)N2CCC(NC(=O)c3ccsc3)CC2)cc1. The zero-order chi connectivity index (χ0) is 20.1. The van der Waals surface area contributed by atoms with Crippen LogP contribution in [0, 0.1) is 0 Å². The zero-order valence-corrected chi connectivity index (χ0v) is 17.6. The van der Waals surface area contributed by atoms with Gasteiger partial charge in [0, 0.05) is 30.1 Å². The summed E-state index contributed by atoms with van der Waals surface area (Å²) in [5.41, 5.74) is 2.03. The van der Waals surface area contributed by atoms with Gasteiger partial charge in [0.15, 0.2) is 6.61 Å². The number of nitrogens with zero attached hydrogens (tertiary/aromatic N) is 1. The van der Waals surface area contributed by atoms with E-state index in [1.165, 1.54) is 16.9 Å². The molecule has 6 heteroatoms. The fourth-order valence-corrected chi connectivity index (χ4v) is 3.86. The van der Waals surface area contributed by atoms with Crippen LogP contribution in [0.4, 0.5) is 0 Å². The average Bonchev–Trinajstić information content (AvgIpc) is 3.21. The molecule has 150 valence electrons. The van der Waals surface area contributed by atoms with Gasteiger partial charge < -0.3 is 15.0 Å². The van der Waals surface area contributed by atoms with Crippen molar-refractivity contribution in [2.45, 2.75) is 45.1 Å². The fraction of sp³-hybridized carbons (Fsp3) is 0.455. The normalized spacial score (nSPS) is 15.3. The highest BCUT2D eigenvalue weighted by Gasteiger charge is 2.24. The molecule has 1 aromatic heterocycles. The lowest BCUT2D eigenvalue weighted by Gasteiger charge is -2.32. The number of hydrogen-bond donors (Lipinski definition) is 1. The van der Waals surface area contributed by atoms with Crippen LogP contribution < -0.4 is 10.1 Å². The molecule has 1 aromatic carbocycles. The smallest absolute Gasteiger partial charge is 0.260 e. The van der Waals surface area contributed by atoms with Gasteiger partial charge in [0.25, 0.3) is 11.8 Å². The van der Waals surface area contributed by atoms with Crippen LogP contribution in [0.5, 0.6) is 5.75 Å². The van der Waals surface area contributed by atoms with Gasteiger partial charge in [-0.2, -0.15) is 11.3 Å². The number of thiophene rings is 1. The predicted molar refractivity (Wildman–Crippen MR) is 112 cm³/mol. The third-order valence-electron chi connectivity index (χ3n) is 5.05. The first-order valence-corrected chi connectivity index (χ1v) is 10.6. The Bertz CT molecular complexity index is 786. The zero-order valence-electron chi connectivity index (χ0n) is 16.7. The van der Waals surface area contributed by atoms with Crippen molar-refractivity contribution in [3.8, 4) is 5.75 Å². The average molecular weight is 401 g/mol. The van der Waals surface area contributed by atoms with E-state index in [2.05, 4.69) is 26.1 Å². The van der Waals surface area contributed by atoms with E-state index < -0.39 is 0 Å². The second-order valence-corrected chi connectivity index (χ2v) is 8.98. The quantitative estimate of drug-likeness (QED) is 0.829. The molecular formula is C22H28N2O3S. The molecule has 1 fully saturated rings. The largest absolute Gasteiger partial charge is 0.484 e. The Kier molecular flexibility index (Phi) is 6.39. The third-order valence-corrected chi connectivity index (χ3v) is 5.73. The minimum Gasteiger partial charge on any atom is -0.484 e. The highest BCUT2D eigenvalue weighted by Crippen LogP contribution is 2.24. The minimum atomic E-state index is -0.0342. The standard InChI is InChI=1S/C22H28N2O3S/c1-22(2,3)17-4-6-19(7-5-17)27-14-20(25)24-11-8-18(9-12-24)23-21(26)16-10-13-28-15-16/h4-7,10,13,15,18H,8-9,11-12,14H2,1-3H3,(H,23,26). The monoisotopic (exact) mass is 400 g/mol. The van der Waals surface area contributed by atoms with E-state index in [4.69, 9.17) is 4.74 Å². The van der Waals surface area contributed by atoms with E-state index in [-0.39, 0.29) is 29.9 Å². The van der Waals surface area contributed by atoms with Crippen molar-refractivity contribution in [2.75, 3.05) is 19.7 Å². The summed E-state index contributed by atoms with van der Waals surface area (Å²) in [6, 6.07) is 9.86. The van der Waals surface area contributed by atoms with E-state index in [0.717, 1.165) is 12.8 Å². The molecule has 5 nitrogen and oxygen atoms in total. The van der Waals surface area contributed by atoms with Gasteiger partial charge in [-0.1, -0.05) is 32.9 Å². The van der Waals surface area contributed by atoms with Gasteiger partial charge in [0.05, 0.1) is 0 Å². The van der Waals surface area contributed by atoms with Gasteiger partial charge in [-0.3, -0.25) is 9.59 Å². The first kappa shape index (κ1) is 20.4. The van der Waals surface area contributed by atoms with Gasteiger partial charge in [0.1, 0.15) is 5.75 Å². The Morgan fingerprint density at radius 3 is 2.39 bits per heavy atom. The minimum absolute atomic E-state index is 0.0116. The molecule has 0 radical (unpaired) electrons. The van der Waals surface area contributed by atoms with Crippen LogP contribution in [0.1, 0.15) is 49.5 Å². The molecular weight excluding hydrogens is 372 g/mol. The highest BCUT2D eigenvalue weighted by molar-refractivity contribution is 7.08. The Balaban J connectivity index is 1.42. The number of rotatable bonds is 5. The lowest BCUT2D eigenvalue weighted by atomic mass is 9.87. The molecule has 3 rings (SSSR count). The number of carbonyl (C=O) groups excluding carboxylic acids is 2. The molecule has 0 bridgehead atoms. The summed E-state index contributed by atoms with van der Waals surface area (Å²) in [6.07, 6.45) is 1.53. The summed E-state index contributed by atoms with van der Waals surface area (Å²) in [5.74, 6) is 0.662. The second-order valence-electron chi connectivity index (χ2n) is 8.20. The van der Waals surface area contributed by atoms with Crippen molar-refractivity contribution in [2.24, 2.45) is 0 Å². The lowest BCUT2D eigenvalue weighted by molar-refractivity contribution is -0.134. The Labute approximate surface area is 170 Å². The van der Waals surface area contributed by atoms with Crippen LogP contribution in [-0.4, -0.2) is 42.5 Å². The topological polar surface area (TPSA) is 58.6 Å². The van der Waals surface area contributed by atoms with E-state index in [1.54, 1.807) is 0 Å². The molecule has 1 aliphatic rings. The highest BCUT2D eigenvalue weighted by atomic mass is 32.1. The van der Waals surface area contributed by atoms with Crippen molar-refractivity contribution in [1.29, 1.82) is 0 Å². The number of ether oxygens (including phenoxy) is 1. The van der Waals surface area contributed by atoms with Gasteiger partial charge in [-0.25, -0.2) is 0 Å². The molecule has 1 saturated heterocycles. The van der Waals surface area contributed by atoms with Crippen LogP contribution in [0.15, 0.2) is 41.1 Å². The van der Waals surface area contributed by atoms with Crippen LogP contribution in [0.25, 0.3) is 0 Å². The number of piperidine rings is 1. The maximum atomic E-state index is 12.4. The van der Waals surface area contributed by atoms with Crippen molar-refractivity contribution in [1.82, 2.24) is 10.2 Å². The van der Waals surface area contributed by atoms with Gasteiger partial charge in [-0.05, 0) is 47.4 Å². The molecule has 2 amide bonds. The van der Waals surface area contributed by atoms with E-state index in [9.17, 15) is 9.59 Å². The van der Waals surface area contributed by atoms with Gasteiger partial charge in [-0.15, -0.1) is 0 Å². The Morgan fingerprint density at radius 2 is 1.82 bits per heavy atom. The fourth-order valence-electron chi connectivity index (χ4n) is 3.22. The molecule has 0 unspecified atom stereocenters. The van der Waals surface area contributed by atoms with Crippen molar-refractivity contribution >= 4 is 23.2 Å². The third kappa shape index (κ3) is 5.35. The molecule has 0 saturated carbocycles. The number of hydrogen-bond acceptors (Lipinski definition) is 4. The van der Waals surface area contributed by atoms with Crippen molar-refractivity contribution in [3.63, 3.8) is 0 Å². The van der Waals surface area contributed by atoms with Crippen LogP contribution in [0.2, 0.25) is 0 Å². The summed E-state index contributed by atoms with van der Waals surface area (Å²) >= 11 is 1.51. The number of benzene rings is 1. The number of carbonyl (C=O) groups is 2. The van der Waals surface area contributed by atoms with Gasteiger partial charge >= 0.3 is 0 Å². The molecule has 0 aliphatic carbocycles. The summed E-state index contributed by atoms with van der Waals surface area (Å²) in [6.45, 7) is 7.82. The Morgan fingerprint density at radius 1 is 1.14 bits per heavy atom. The second kappa shape index (κ2) is 8.78. The first-order chi connectivity index (χ1) is 13.3. The maximum absolute atomic E-state index is 12.4. The predicted octanol–water partition coefficient (Wildman–Crippen LogP) is 3.85. The molecule has 0 spiro atoms. The molecule has 28 heavy (non-hydrogen) atoms. The first-order valence-electron chi connectivity index (χ1n) is 9.67. The van der Waals surface area contributed by atoms with Crippen molar-refractivity contribution in [3.05, 3.63) is 52.2 Å². The van der Waals surface area contributed by atoms with E-state index in [0.29, 0.717) is 24.4 Å². The maximum Gasteiger partial charge on any atom is 0.260 e. The van der Waals surface area contributed by atoms with Crippen molar-refractivity contribution < 1.29 is 14.3 Å². The van der Waals surface area contributed by atoms with E-state index >= 15 is 0 Å².